The van der Waals surface area contributed by atoms with E-state index in [1.165, 1.54) is 24.2 Å². The lowest BCUT2D eigenvalue weighted by atomic mass is 10.3. The molecule has 3 aromatic heterocycles. The van der Waals surface area contributed by atoms with Crippen molar-refractivity contribution >= 4 is 35.3 Å². The van der Waals surface area contributed by atoms with Crippen LogP contribution in [0.2, 0.25) is 0 Å². The van der Waals surface area contributed by atoms with E-state index in [-0.39, 0.29) is 5.82 Å². The van der Waals surface area contributed by atoms with Crippen LogP contribution in [0.1, 0.15) is 5.69 Å². The Hall–Kier alpha value is -3.80. The predicted octanol–water partition coefficient (Wildman–Crippen LogP) is 3.05. The van der Waals surface area contributed by atoms with Crippen molar-refractivity contribution in [2.75, 3.05) is 41.3 Å². The molecule has 12 heteroatoms. The number of benzene rings is 1. The molecule has 33 heavy (non-hydrogen) atoms. The monoisotopic (exact) mass is 464 g/mol. The first-order valence-corrected chi connectivity index (χ1v) is 11.2. The molecule has 0 saturated carbocycles. The lowest BCUT2D eigenvalue weighted by molar-refractivity contribution is 0.602. The summed E-state index contributed by atoms with van der Waals surface area (Å²) >= 11 is 1.31. The van der Waals surface area contributed by atoms with Crippen molar-refractivity contribution in [3.8, 4) is 0 Å². The zero-order chi connectivity index (χ0) is 22.6. The molecule has 0 unspecified atom stereocenters. The van der Waals surface area contributed by atoms with Crippen LogP contribution in [0.4, 0.5) is 27.9 Å². The number of hydrogen-bond acceptors (Lipinski definition) is 10. The summed E-state index contributed by atoms with van der Waals surface area (Å²) in [7, 11) is 0. The van der Waals surface area contributed by atoms with Crippen molar-refractivity contribution in [1.82, 2.24) is 35.1 Å². The molecule has 168 valence electrons. The summed E-state index contributed by atoms with van der Waals surface area (Å²) in [6.45, 7) is 4.83. The standard InChI is InChI=1S/C21H21FN10S/c1-14-17(12-27-30-14)28-19-25-13-26-21(29-19)32-8-6-31(7-9-32)20-23-10-15(11-24-20)33-18-5-3-2-4-16(18)22/h2-5,10-13H,6-9H2,1H3,(H,27,30)(H,25,26,28,29). The third-order valence-electron chi connectivity index (χ3n) is 5.16. The summed E-state index contributed by atoms with van der Waals surface area (Å²) in [5, 5.41) is 10.0. The molecule has 1 saturated heterocycles. The van der Waals surface area contributed by atoms with Crippen LogP contribution >= 0.6 is 11.8 Å². The fourth-order valence-electron chi connectivity index (χ4n) is 3.38. The van der Waals surface area contributed by atoms with Crippen molar-refractivity contribution in [2.24, 2.45) is 0 Å². The number of rotatable bonds is 6. The first-order chi connectivity index (χ1) is 16.2. The largest absolute Gasteiger partial charge is 0.337 e. The Morgan fingerprint density at radius 3 is 2.36 bits per heavy atom. The van der Waals surface area contributed by atoms with E-state index in [4.69, 9.17) is 0 Å². The zero-order valence-corrected chi connectivity index (χ0v) is 18.6. The lowest BCUT2D eigenvalue weighted by Crippen LogP contribution is -2.47. The Balaban J connectivity index is 1.19. The maximum Gasteiger partial charge on any atom is 0.232 e. The minimum Gasteiger partial charge on any atom is -0.337 e. The quantitative estimate of drug-likeness (QED) is 0.441. The minimum absolute atomic E-state index is 0.251. The Kier molecular flexibility index (Phi) is 5.98. The van der Waals surface area contributed by atoms with Gasteiger partial charge in [0, 0.05) is 48.4 Å². The fraction of sp³-hybridized carbons (Fsp3) is 0.238. The van der Waals surface area contributed by atoms with E-state index in [1.54, 1.807) is 30.7 Å². The third kappa shape index (κ3) is 4.85. The van der Waals surface area contributed by atoms with Crippen molar-refractivity contribution < 1.29 is 4.39 Å². The number of H-pyrrole nitrogens is 1. The van der Waals surface area contributed by atoms with Gasteiger partial charge in [-0.1, -0.05) is 23.9 Å². The third-order valence-corrected chi connectivity index (χ3v) is 6.16. The molecule has 0 amide bonds. The molecule has 4 aromatic rings. The molecule has 2 N–H and O–H groups in total. The number of aromatic amines is 1. The van der Waals surface area contributed by atoms with Crippen LogP contribution in [0.5, 0.6) is 0 Å². The summed E-state index contributed by atoms with van der Waals surface area (Å²) in [6, 6.07) is 6.67. The number of hydrogen-bond donors (Lipinski definition) is 2. The number of anilines is 4. The van der Waals surface area contributed by atoms with E-state index >= 15 is 0 Å². The van der Waals surface area contributed by atoms with Gasteiger partial charge in [-0.2, -0.15) is 10.1 Å². The Morgan fingerprint density at radius 2 is 1.67 bits per heavy atom. The Morgan fingerprint density at radius 1 is 0.939 bits per heavy atom. The van der Waals surface area contributed by atoms with Crippen LogP contribution in [-0.4, -0.2) is 61.3 Å². The van der Waals surface area contributed by atoms with Crippen LogP contribution in [0.25, 0.3) is 0 Å². The van der Waals surface area contributed by atoms with E-state index in [2.05, 4.69) is 50.2 Å². The van der Waals surface area contributed by atoms with Gasteiger partial charge in [0.15, 0.2) is 0 Å². The van der Waals surface area contributed by atoms with Crippen molar-refractivity contribution in [3.63, 3.8) is 0 Å². The molecule has 5 rings (SSSR count). The topological polar surface area (TPSA) is 112 Å². The van der Waals surface area contributed by atoms with E-state index in [1.807, 2.05) is 13.0 Å². The highest BCUT2D eigenvalue weighted by atomic mass is 32.2. The average Bonchev–Trinajstić information content (AvgIpc) is 3.25. The SMILES string of the molecule is Cc1[nH]ncc1Nc1ncnc(N2CCN(c3ncc(Sc4ccccc4F)cn3)CC2)n1. The highest BCUT2D eigenvalue weighted by molar-refractivity contribution is 7.99. The first-order valence-electron chi connectivity index (χ1n) is 10.4. The number of piperazine rings is 1. The van der Waals surface area contributed by atoms with Crippen LogP contribution in [0, 0.1) is 12.7 Å². The molecule has 0 bridgehead atoms. The smallest absolute Gasteiger partial charge is 0.232 e. The highest BCUT2D eigenvalue weighted by Gasteiger charge is 2.21. The van der Waals surface area contributed by atoms with Crippen molar-refractivity contribution in [3.05, 3.63) is 60.7 Å². The molecule has 1 aliphatic rings. The second kappa shape index (κ2) is 9.36. The molecule has 10 nitrogen and oxygen atoms in total. The van der Waals surface area contributed by atoms with Crippen LogP contribution in [-0.2, 0) is 0 Å². The van der Waals surface area contributed by atoms with Gasteiger partial charge in [-0.15, -0.1) is 0 Å². The Labute approximate surface area is 193 Å². The molecular formula is C21H21FN10S. The lowest BCUT2D eigenvalue weighted by Gasteiger charge is -2.34. The normalized spacial score (nSPS) is 13.9. The minimum atomic E-state index is -0.251. The van der Waals surface area contributed by atoms with Gasteiger partial charge in [0.25, 0.3) is 0 Å². The van der Waals surface area contributed by atoms with E-state index in [0.29, 0.717) is 22.7 Å². The zero-order valence-electron chi connectivity index (χ0n) is 17.8. The highest BCUT2D eigenvalue weighted by Crippen LogP contribution is 2.29. The van der Waals surface area contributed by atoms with E-state index < -0.39 is 0 Å². The average molecular weight is 465 g/mol. The summed E-state index contributed by atoms with van der Waals surface area (Å²) in [5.41, 5.74) is 1.73. The second-order valence-corrected chi connectivity index (χ2v) is 8.48. The molecular weight excluding hydrogens is 443 g/mol. The molecule has 0 atom stereocenters. The van der Waals surface area contributed by atoms with E-state index in [9.17, 15) is 4.39 Å². The van der Waals surface area contributed by atoms with E-state index in [0.717, 1.165) is 42.5 Å². The fourth-order valence-corrected chi connectivity index (χ4v) is 4.16. The molecule has 1 aromatic carbocycles. The van der Waals surface area contributed by atoms with Gasteiger partial charge in [-0.05, 0) is 19.1 Å². The predicted molar refractivity (Wildman–Crippen MR) is 123 cm³/mol. The van der Waals surface area contributed by atoms with Crippen molar-refractivity contribution in [1.29, 1.82) is 0 Å². The van der Waals surface area contributed by atoms with Gasteiger partial charge in [-0.3, -0.25) is 5.10 Å². The van der Waals surface area contributed by atoms with Crippen LogP contribution in [0.3, 0.4) is 0 Å². The molecule has 4 heterocycles. The second-order valence-electron chi connectivity index (χ2n) is 7.37. The number of halogens is 1. The van der Waals surface area contributed by atoms with Gasteiger partial charge in [-0.25, -0.2) is 24.3 Å². The molecule has 0 aliphatic carbocycles. The molecule has 0 spiro atoms. The summed E-state index contributed by atoms with van der Waals surface area (Å²) in [4.78, 5) is 27.6. The number of aryl methyl sites for hydroxylation is 1. The Bertz CT molecular complexity index is 1220. The number of nitrogens with one attached hydrogen (secondary N) is 2. The molecule has 1 aliphatic heterocycles. The summed E-state index contributed by atoms with van der Waals surface area (Å²) < 4.78 is 13.9. The van der Waals surface area contributed by atoms with Gasteiger partial charge in [0.05, 0.1) is 17.6 Å². The van der Waals surface area contributed by atoms with Crippen LogP contribution in [0.15, 0.2) is 59.0 Å². The maximum absolute atomic E-state index is 13.9. The van der Waals surface area contributed by atoms with Crippen molar-refractivity contribution in [2.45, 2.75) is 16.7 Å². The van der Waals surface area contributed by atoms with Gasteiger partial charge >= 0.3 is 0 Å². The summed E-state index contributed by atoms with van der Waals surface area (Å²) in [6.07, 6.45) is 6.65. The summed E-state index contributed by atoms with van der Waals surface area (Å²) in [5.74, 6) is 1.49. The first kappa shape index (κ1) is 21.1. The van der Waals surface area contributed by atoms with Gasteiger partial charge in [0.2, 0.25) is 17.8 Å². The number of nitrogens with zero attached hydrogens (tertiary/aromatic N) is 8. The number of aromatic nitrogens is 7. The van der Waals surface area contributed by atoms with Gasteiger partial charge in [0.1, 0.15) is 12.1 Å². The van der Waals surface area contributed by atoms with Gasteiger partial charge < -0.3 is 15.1 Å². The molecule has 1 fully saturated rings. The maximum atomic E-state index is 13.9. The van der Waals surface area contributed by atoms with Crippen LogP contribution < -0.4 is 15.1 Å². The molecule has 0 radical (unpaired) electrons.